The zero-order valence-corrected chi connectivity index (χ0v) is 9.30. The number of rotatable bonds is 4. The normalized spacial score (nSPS) is 33.5. The van der Waals surface area contributed by atoms with Crippen LogP contribution in [-0.4, -0.2) is 67.4 Å². The molecule has 0 saturated carbocycles. The first-order valence-electron chi connectivity index (χ1n) is 5.40. The summed E-state index contributed by atoms with van der Waals surface area (Å²) in [5, 5.41) is 37.5. The molecule has 1 fully saturated rings. The summed E-state index contributed by atoms with van der Waals surface area (Å²) in [5.41, 5.74) is 0. The second-order valence-corrected chi connectivity index (χ2v) is 4.09. The third-order valence-corrected chi connectivity index (χ3v) is 2.99. The van der Waals surface area contributed by atoms with Gasteiger partial charge in [-0.3, -0.25) is 4.79 Å². The second kappa shape index (κ2) is 5.02. The van der Waals surface area contributed by atoms with Gasteiger partial charge in [0.15, 0.2) is 0 Å². The first-order chi connectivity index (χ1) is 8.56. The van der Waals surface area contributed by atoms with Crippen molar-refractivity contribution in [1.29, 1.82) is 0 Å². The molecule has 8 heteroatoms. The molecular formula is C10H14N2O6. The Labute approximate surface area is 102 Å². The third kappa shape index (κ3) is 2.10. The van der Waals surface area contributed by atoms with E-state index in [0.29, 0.717) is 0 Å². The van der Waals surface area contributed by atoms with Gasteiger partial charge in [0.25, 0.3) is 0 Å². The highest BCUT2D eigenvalue weighted by Crippen LogP contribution is 2.31. The Bertz CT molecular complexity index is 409. The van der Waals surface area contributed by atoms with Gasteiger partial charge in [-0.2, -0.15) is 0 Å². The number of H-pyrrole nitrogens is 1. The van der Waals surface area contributed by atoms with Gasteiger partial charge in [-0.25, -0.2) is 4.98 Å². The second-order valence-electron chi connectivity index (χ2n) is 4.09. The van der Waals surface area contributed by atoms with Crippen LogP contribution < -0.4 is 0 Å². The molecule has 8 nitrogen and oxygen atoms in total. The van der Waals surface area contributed by atoms with E-state index in [0.717, 1.165) is 0 Å². The Morgan fingerprint density at radius 1 is 1.50 bits per heavy atom. The number of carboxylic acid groups (broad SMARTS) is 1. The van der Waals surface area contributed by atoms with E-state index in [2.05, 4.69) is 9.97 Å². The number of nitrogens with zero attached hydrogens (tertiary/aromatic N) is 1. The number of hydrogen-bond donors (Lipinski definition) is 5. The number of aromatic amines is 1. The molecule has 2 heterocycles. The van der Waals surface area contributed by atoms with Gasteiger partial charge in [0.1, 0.15) is 36.2 Å². The van der Waals surface area contributed by atoms with Crippen molar-refractivity contribution >= 4 is 5.97 Å². The molecule has 1 aliphatic heterocycles. The van der Waals surface area contributed by atoms with Gasteiger partial charge in [0.2, 0.25) is 0 Å². The average molecular weight is 258 g/mol. The standard InChI is InChI=1S/C10H14N2O6/c13-3-4-6(14)7(15)8(18-4)5(10(16)17)9-11-1-2-12-9/h1-2,4-8,13-15H,3H2,(H,11,12)(H,16,17)/t4-,5?,6-,7-,8?/m1/s1. The zero-order valence-electron chi connectivity index (χ0n) is 9.30. The Morgan fingerprint density at radius 2 is 2.22 bits per heavy atom. The van der Waals surface area contributed by atoms with Crippen molar-refractivity contribution in [3.05, 3.63) is 18.2 Å². The van der Waals surface area contributed by atoms with Gasteiger partial charge in [0, 0.05) is 12.4 Å². The summed E-state index contributed by atoms with van der Waals surface area (Å²) in [5.74, 6) is -2.35. The van der Waals surface area contributed by atoms with Crippen LogP contribution in [-0.2, 0) is 9.53 Å². The number of ether oxygens (including phenoxy) is 1. The lowest BCUT2D eigenvalue weighted by molar-refractivity contribution is -0.145. The number of nitrogens with one attached hydrogen (secondary N) is 1. The first-order valence-corrected chi connectivity index (χ1v) is 5.40. The largest absolute Gasteiger partial charge is 0.481 e. The maximum Gasteiger partial charge on any atom is 0.316 e. The maximum atomic E-state index is 11.2. The number of carbonyl (C=O) groups is 1. The lowest BCUT2D eigenvalue weighted by Gasteiger charge is -2.20. The van der Waals surface area contributed by atoms with Crippen molar-refractivity contribution in [3.8, 4) is 0 Å². The fourth-order valence-corrected chi connectivity index (χ4v) is 2.06. The van der Waals surface area contributed by atoms with Crippen LogP contribution in [0.2, 0.25) is 0 Å². The summed E-state index contributed by atoms with van der Waals surface area (Å²) in [6.45, 7) is -0.501. The highest BCUT2D eigenvalue weighted by molar-refractivity contribution is 5.76. The Kier molecular flexibility index (Phi) is 3.62. The lowest BCUT2D eigenvalue weighted by atomic mass is 9.95. The first kappa shape index (κ1) is 13.0. The molecular weight excluding hydrogens is 244 g/mol. The monoisotopic (exact) mass is 258 g/mol. The number of imidazole rings is 1. The Morgan fingerprint density at radius 3 is 2.67 bits per heavy atom. The number of hydrogen-bond acceptors (Lipinski definition) is 6. The van der Waals surface area contributed by atoms with Crippen LogP contribution in [0.25, 0.3) is 0 Å². The quantitative estimate of drug-likeness (QED) is 0.424. The molecule has 0 amide bonds. The molecule has 0 aromatic carbocycles. The average Bonchev–Trinajstić information content (AvgIpc) is 2.93. The number of aliphatic hydroxyl groups is 3. The van der Waals surface area contributed by atoms with Gasteiger partial charge in [-0.1, -0.05) is 0 Å². The van der Waals surface area contributed by atoms with Crippen molar-refractivity contribution < 1.29 is 30.0 Å². The number of aliphatic hydroxyl groups excluding tert-OH is 3. The maximum absolute atomic E-state index is 11.2. The number of aromatic nitrogens is 2. The molecule has 18 heavy (non-hydrogen) atoms. The van der Waals surface area contributed by atoms with E-state index in [4.69, 9.17) is 9.84 Å². The summed E-state index contributed by atoms with van der Waals surface area (Å²) in [6, 6.07) is 0. The van der Waals surface area contributed by atoms with E-state index < -0.39 is 42.9 Å². The molecule has 0 radical (unpaired) electrons. The van der Waals surface area contributed by atoms with Crippen molar-refractivity contribution in [3.63, 3.8) is 0 Å². The van der Waals surface area contributed by atoms with E-state index in [1.54, 1.807) is 0 Å². The summed E-state index contributed by atoms with van der Waals surface area (Å²) in [7, 11) is 0. The van der Waals surface area contributed by atoms with Crippen LogP contribution in [0.15, 0.2) is 12.4 Å². The molecule has 1 aliphatic rings. The molecule has 5 atom stereocenters. The predicted octanol–water partition coefficient (Wildman–Crippen LogP) is -1.94. The van der Waals surface area contributed by atoms with E-state index in [1.807, 2.05) is 0 Å². The van der Waals surface area contributed by atoms with Gasteiger partial charge in [-0.15, -0.1) is 0 Å². The number of carboxylic acids is 1. The SMILES string of the molecule is O=C(O)C(c1ncc[nH]1)C1O[C@H](CO)[C@@H](O)[C@H]1O. The van der Waals surface area contributed by atoms with Crippen LogP contribution in [0.4, 0.5) is 0 Å². The smallest absolute Gasteiger partial charge is 0.316 e. The Hall–Kier alpha value is -1.48. The summed E-state index contributed by atoms with van der Waals surface area (Å²) in [4.78, 5) is 17.7. The molecule has 100 valence electrons. The summed E-state index contributed by atoms with van der Waals surface area (Å²) in [6.07, 6.45) is -2.05. The zero-order chi connectivity index (χ0) is 13.3. The molecule has 0 bridgehead atoms. The molecule has 1 aromatic heterocycles. The number of aliphatic carboxylic acids is 1. The van der Waals surface area contributed by atoms with Crippen LogP contribution in [0.1, 0.15) is 11.7 Å². The predicted molar refractivity (Wildman–Crippen MR) is 56.7 cm³/mol. The van der Waals surface area contributed by atoms with Crippen LogP contribution in [0.5, 0.6) is 0 Å². The van der Waals surface area contributed by atoms with Gasteiger partial charge in [-0.05, 0) is 0 Å². The molecule has 1 aromatic rings. The minimum absolute atomic E-state index is 0.123. The van der Waals surface area contributed by atoms with Crippen molar-refractivity contribution in [2.45, 2.75) is 30.3 Å². The van der Waals surface area contributed by atoms with Crippen LogP contribution in [0.3, 0.4) is 0 Å². The van der Waals surface area contributed by atoms with Crippen molar-refractivity contribution in [2.24, 2.45) is 0 Å². The van der Waals surface area contributed by atoms with Crippen molar-refractivity contribution in [2.75, 3.05) is 6.61 Å². The van der Waals surface area contributed by atoms with Crippen LogP contribution in [0, 0.1) is 0 Å². The topological polar surface area (TPSA) is 136 Å². The van der Waals surface area contributed by atoms with E-state index in [1.165, 1.54) is 12.4 Å². The fourth-order valence-electron chi connectivity index (χ4n) is 2.06. The van der Waals surface area contributed by atoms with Gasteiger partial charge in [0.05, 0.1) is 6.61 Å². The lowest BCUT2D eigenvalue weighted by Crippen LogP contribution is -2.38. The molecule has 1 saturated heterocycles. The van der Waals surface area contributed by atoms with Gasteiger partial charge < -0.3 is 30.1 Å². The highest BCUT2D eigenvalue weighted by Gasteiger charge is 2.49. The minimum Gasteiger partial charge on any atom is -0.481 e. The minimum atomic E-state index is -1.40. The fraction of sp³-hybridized carbons (Fsp3) is 0.600. The molecule has 2 rings (SSSR count). The molecule has 2 unspecified atom stereocenters. The summed E-state index contributed by atoms with van der Waals surface area (Å²) >= 11 is 0. The molecule has 0 spiro atoms. The summed E-state index contributed by atoms with van der Waals surface area (Å²) < 4.78 is 5.19. The van der Waals surface area contributed by atoms with Gasteiger partial charge >= 0.3 is 5.97 Å². The molecule has 5 N–H and O–H groups in total. The van der Waals surface area contributed by atoms with E-state index in [-0.39, 0.29) is 5.82 Å². The highest BCUT2D eigenvalue weighted by atomic mass is 16.6. The van der Waals surface area contributed by atoms with E-state index >= 15 is 0 Å². The van der Waals surface area contributed by atoms with Crippen LogP contribution >= 0.6 is 0 Å². The third-order valence-electron chi connectivity index (χ3n) is 2.99. The Balaban J connectivity index is 2.25. The molecule has 0 aliphatic carbocycles. The van der Waals surface area contributed by atoms with E-state index in [9.17, 15) is 20.1 Å². The van der Waals surface area contributed by atoms with Crippen molar-refractivity contribution in [1.82, 2.24) is 9.97 Å².